The van der Waals surface area contributed by atoms with Gasteiger partial charge in [-0.05, 0) is 68.5 Å². The number of hydrogen-bond donors (Lipinski definition) is 0. The van der Waals surface area contributed by atoms with Crippen LogP contribution in [0.25, 0.3) is 10.8 Å². The van der Waals surface area contributed by atoms with Gasteiger partial charge in [-0.1, -0.05) is 42.5 Å². The third-order valence-corrected chi connectivity index (χ3v) is 8.89. The molecule has 1 aromatic heterocycles. The van der Waals surface area contributed by atoms with Gasteiger partial charge in [0.05, 0.1) is 5.60 Å². The number of hydrogen-bond acceptors (Lipinski definition) is 5. The van der Waals surface area contributed by atoms with E-state index in [4.69, 9.17) is 9.47 Å². The highest BCUT2D eigenvalue weighted by molar-refractivity contribution is 7.09. The Morgan fingerprint density at radius 2 is 1.94 bits per heavy atom. The molecular formula is C29H36N2O3S. The van der Waals surface area contributed by atoms with E-state index in [1.165, 1.54) is 4.88 Å². The molecule has 2 aliphatic rings. The van der Waals surface area contributed by atoms with Gasteiger partial charge in [0.2, 0.25) is 0 Å². The molecule has 0 bridgehead atoms. The van der Waals surface area contributed by atoms with E-state index in [1.54, 1.807) is 0 Å². The monoisotopic (exact) mass is 492 g/mol. The highest BCUT2D eigenvalue weighted by Gasteiger charge is 2.46. The van der Waals surface area contributed by atoms with Crippen LogP contribution in [0.5, 0.6) is 5.75 Å². The van der Waals surface area contributed by atoms with Gasteiger partial charge in [0.1, 0.15) is 5.75 Å². The van der Waals surface area contributed by atoms with E-state index in [1.807, 2.05) is 53.6 Å². The van der Waals surface area contributed by atoms with Crippen molar-refractivity contribution in [1.82, 2.24) is 9.80 Å². The smallest absolute Gasteiger partial charge is 0.260 e. The lowest BCUT2D eigenvalue weighted by atomic mass is 9.76. The van der Waals surface area contributed by atoms with Gasteiger partial charge < -0.3 is 19.3 Å². The molecule has 35 heavy (non-hydrogen) atoms. The molecule has 0 unspecified atom stereocenters. The minimum absolute atomic E-state index is 0.0122. The van der Waals surface area contributed by atoms with Crippen LogP contribution in [-0.4, -0.2) is 67.2 Å². The summed E-state index contributed by atoms with van der Waals surface area (Å²) in [6.45, 7) is 1.89. The summed E-state index contributed by atoms with van der Waals surface area (Å²) in [5.74, 6) is 0.791. The fourth-order valence-electron chi connectivity index (χ4n) is 5.89. The van der Waals surface area contributed by atoms with Crippen LogP contribution in [-0.2, 0) is 16.0 Å². The lowest BCUT2D eigenvalue weighted by Crippen LogP contribution is -2.58. The maximum atomic E-state index is 13.3. The molecule has 2 fully saturated rings. The van der Waals surface area contributed by atoms with E-state index in [0.717, 1.165) is 68.2 Å². The highest BCUT2D eigenvalue weighted by atomic mass is 32.1. The SMILES string of the molecule is CN(CCc1cccs1)[C@@H]1C[C@]2(CCCO2)CC[C@H]1N(C)C(=O)COc1cccc2ccccc12. The minimum Gasteiger partial charge on any atom is -0.483 e. The van der Waals surface area contributed by atoms with Crippen molar-refractivity contribution in [1.29, 1.82) is 0 Å². The number of thiophene rings is 1. The molecule has 1 aliphatic heterocycles. The van der Waals surface area contributed by atoms with Gasteiger partial charge in [0.15, 0.2) is 6.61 Å². The standard InChI is InChI=1S/C29H36N2O3S/c1-30(17-14-23-10-6-19-35-23)26-20-29(15-7-18-34-29)16-13-25(26)31(2)28(32)21-33-27-12-5-9-22-8-3-4-11-24(22)27/h3-6,8-12,19,25-26H,7,13-18,20-21H2,1-2H3/t25-,26-,29+/m1/s1. The Kier molecular flexibility index (Phi) is 7.42. The minimum atomic E-state index is -0.0122. The summed E-state index contributed by atoms with van der Waals surface area (Å²) in [6, 6.07) is 18.9. The Morgan fingerprint density at radius 3 is 2.74 bits per heavy atom. The largest absolute Gasteiger partial charge is 0.483 e. The van der Waals surface area contributed by atoms with Crippen molar-refractivity contribution in [3.05, 3.63) is 64.9 Å². The summed E-state index contributed by atoms with van der Waals surface area (Å²) in [4.78, 5) is 19.1. The van der Waals surface area contributed by atoms with Gasteiger partial charge in [-0.2, -0.15) is 0 Å². The Labute approximate surface area is 212 Å². The highest BCUT2D eigenvalue weighted by Crippen LogP contribution is 2.42. The van der Waals surface area contributed by atoms with Crippen molar-refractivity contribution in [2.75, 3.05) is 33.9 Å². The van der Waals surface area contributed by atoms with E-state index in [9.17, 15) is 4.79 Å². The third kappa shape index (κ3) is 5.40. The molecule has 186 valence electrons. The Bertz CT molecular complexity index is 1120. The number of ether oxygens (including phenoxy) is 2. The molecule has 2 aromatic carbocycles. The molecular weight excluding hydrogens is 456 g/mol. The average Bonchev–Trinajstić information content (AvgIpc) is 3.58. The van der Waals surface area contributed by atoms with Crippen molar-refractivity contribution in [2.45, 2.75) is 56.2 Å². The van der Waals surface area contributed by atoms with Crippen LogP contribution in [0.2, 0.25) is 0 Å². The molecule has 1 saturated heterocycles. The zero-order chi connectivity index (χ0) is 24.3. The second-order valence-electron chi connectivity index (χ2n) is 10.1. The molecule has 1 saturated carbocycles. The number of carbonyl (C=O) groups excluding carboxylic acids is 1. The Morgan fingerprint density at radius 1 is 1.09 bits per heavy atom. The summed E-state index contributed by atoms with van der Waals surface area (Å²) in [5.41, 5.74) is -0.0122. The summed E-state index contributed by atoms with van der Waals surface area (Å²) in [5, 5.41) is 4.30. The topological polar surface area (TPSA) is 42.0 Å². The first-order valence-electron chi connectivity index (χ1n) is 12.8. The first-order valence-corrected chi connectivity index (χ1v) is 13.7. The molecule has 0 radical (unpaired) electrons. The van der Waals surface area contributed by atoms with E-state index in [-0.39, 0.29) is 30.2 Å². The predicted octanol–water partition coefficient (Wildman–Crippen LogP) is 5.38. The van der Waals surface area contributed by atoms with Crippen LogP contribution in [0.1, 0.15) is 37.0 Å². The van der Waals surface area contributed by atoms with Crippen molar-refractivity contribution in [3.63, 3.8) is 0 Å². The third-order valence-electron chi connectivity index (χ3n) is 7.95. The van der Waals surface area contributed by atoms with Crippen LogP contribution in [0.3, 0.4) is 0 Å². The first kappa shape index (κ1) is 24.3. The number of carbonyl (C=O) groups is 1. The van der Waals surface area contributed by atoms with Gasteiger partial charge in [-0.25, -0.2) is 0 Å². The summed E-state index contributed by atoms with van der Waals surface area (Å²) >= 11 is 1.82. The van der Waals surface area contributed by atoms with Gasteiger partial charge in [-0.3, -0.25) is 4.79 Å². The van der Waals surface area contributed by atoms with E-state index in [0.29, 0.717) is 0 Å². The second-order valence-corrected chi connectivity index (χ2v) is 11.1. The van der Waals surface area contributed by atoms with Crippen molar-refractivity contribution < 1.29 is 14.3 Å². The van der Waals surface area contributed by atoms with E-state index < -0.39 is 0 Å². The maximum Gasteiger partial charge on any atom is 0.260 e. The Hall–Kier alpha value is -2.41. The second kappa shape index (κ2) is 10.7. The molecule has 2 heterocycles. The number of fused-ring (bicyclic) bond motifs is 1. The number of rotatable bonds is 8. The van der Waals surface area contributed by atoms with Crippen LogP contribution >= 0.6 is 11.3 Å². The lowest BCUT2D eigenvalue weighted by Gasteiger charge is -2.48. The molecule has 6 heteroatoms. The van der Waals surface area contributed by atoms with Crippen LogP contribution < -0.4 is 4.74 Å². The van der Waals surface area contributed by atoms with Crippen molar-refractivity contribution in [2.24, 2.45) is 0 Å². The Balaban J connectivity index is 1.27. The fraction of sp³-hybridized carbons (Fsp3) is 0.483. The number of benzene rings is 2. The number of amides is 1. The molecule has 0 N–H and O–H groups in total. The van der Waals surface area contributed by atoms with Crippen LogP contribution in [0.15, 0.2) is 60.0 Å². The van der Waals surface area contributed by atoms with Gasteiger partial charge in [-0.15, -0.1) is 11.3 Å². The zero-order valence-electron chi connectivity index (χ0n) is 20.8. The van der Waals surface area contributed by atoms with Crippen molar-refractivity contribution in [3.8, 4) is 5.75 Å². The normalized spacial score (nSPS) is 24.3. The van der Waals surface area contributed by atoms with E-state index in [2.05, 4.69) is 41.6 Å². The molecule has 1 amide bonds. The first-order chi connectivity index (χ1) is 17.0. The molecule has 3 atom stereocenters. The zero-order valence-corrected chi connectivity index (χ0v) is 21.6. The van der Waals surface area contributed by atoms with Gasteiger partial charge in [0.25, 0.3) is 5.91 Å². The summed E-state index contributed by atoms with van der Waals surface area (Å²) in [7, 11) is 4.16. The molecule has 5 rings (SSSR count). The quantitative estimate of drug-likeness (QED) is 0.423. The molecule has 1 aliphatic carbocycles. The number of likely N-dealkylation sites (N-methyl/N-ethyl adjacent to an activating group) is 2. The van der Waals surface area contributed by atoms with Crippen LogP contribution in [0.4, 0.5) is 0 Å². The number of nitrogens with zero attached hydrogens (tertiary/aromatic N) is 2. The molecule has 3 aromatic rings. The lowest BCUT2D eigenvalue weighted by molar-refractivity contribution is -0.139. The molecule has 1 spiro atoms. The molecule has 5 nitrogen and oxygen atoms in total. The summed E-state index contributed by atoms with van der Waals surface area (Å²) in [6.07, 6.45) is 6.29. The average molecular weight is 493 g/mol. The fourth-order valence-corrected chi connectivity index (χ4v) is 6.59. The predicted molar refractivity (Wildman–Crippen MR) is 142 cm³/mol. The summed E-state index contributed by atoms with van der Waals surface area (Å²) < 4.78 is 12.3. The van der Waals surface area contributed by atoms with Crippen LogP contribution in [0, 0.1) is 0 Å². The van der Waals surface area contributed by atoms with Gasteiger partial charge >= 0.3 is 0 Å². The van der Waals surface area contributed by atoms with Gasteiger partial charge in [0, 0.05) is 42.5 Å². The van der Waals surface area contributed by atoms with Crippen molar-refractivity contribution >= 4 is 28.0 Å². The van der Waals surface area contributed by atoms with E-state index >= 15 is 0 Å². The maximum absolute atomic E-state index is 13.3.